The summed E-state index contributed by atoms with van der Waals surface area (Å²) >= 11 is 10.8. The fourth-order valence-electron chi connectivity index (χ4n) is 2.87. The predicted octanol–water partition coefficient (Wildman–Crippen LogP) is 5.92. The van der Waals surface area contributed by atoms with Crippen LogP contribution >= 0.6 is 38.9 Å². The Morgan fingerprint density at radius 1 is 1.09 bits per heavy atom. The van der Waals surface area contributed by atoms with Gasteiger partial charge in [0.25, 0.3) is 5.91 Å². The smallest absolute Gasteiger partial charge is 0.303 e. The third-order valence-corrected chi connectivity index (χ3v) is 6.14. The van der Waals surface area contributed by atoms with Crippen LogP contribution in [0, 0.1) is 0 Å². The lowest BCUT2D eigenvalue weighted by Crippen LogP contribution is -2.12. The van der Waals surface area contributed by atoms with Crippen molar-refractivity contribution in [3.63, 3.8) is 0 Å². The molecular formula is C20H14BrClF3N5OS. The average molecular weight is 545 g/mol. The number of carbonyl (C=O) groups excluding carboxylic acids is 1. The van der Waals surface area contributed by atoms with Crippen LogP contribution in [0.4, 0.5) is 19.0 Å². The van der Waals surface area contributed by atoms with Crippen LogP contribution in [-0.2, 0) is 19.3 Å². The van der Waals surface area contributed by atoms with Gasteiger partial charge >= 0.3 is 6.18 Å². The van der Waals surface area contributed by atoms with Gasteiger partial charge < -0.3 is 5.32 Å². The van der Waals surface area contributed by atoms with Gasteiger partial charge in [-0.1, -0.05) is 39.7 Å². The molecule has 0 aliphatic rings. The SMILES string of the molecule is O=C(Nc1nn(Cc2ccc(Br)cc2)cc1Cl)c1cc(Cn2ccc(C(F)(F)F)n2)cs1. The first kappa shape index (κ1) is 22.6. The highest BCUT2D eigenvalue weighted by Gasteiger charge is 2.33. The Bertz CT molecular complexity index is 1250. The number of nitrogens with zero attached hydrogens (tertiary/aromatic N) is 4. The van der Waals surface area contributed by atoms with Gasteiger partial charge in [0.2, 0.25) is 0 Å². The number of hydrogen-bond donors (Lipinski definition) is 1. The minimum Gasteiger partial charge on any atom is -0.303 e. The molecule has 1 N–H and O–H groups in total. The molecule has 3 aromatic heterocycles. The van der Waals surface area contributed by atoms with Crippen molar-refractivity contribution in [1.29, 1.82) is 0 Å². The summed E-state index contributed by atoms with van der Waals surface area (Å²) in [6, 6.07) is 10.2. The van der Waals surface area contributed by atoms with E-state index in [1.807, 2.05) is 24.3 Å². The number of amides is 1. The van der Waals surface area contributed by atoms with Gasteiger partial charge in [-0.15, -0.1) is 11.3 Å². The molecule has 1 aromatic carbocycles. The lowest BCUT2D eigenvalue weighted by Gasteiger charge is -2.03. The molecule has 0 bridgehead atoms. The van der Waals surface area contributed by atoms with E-state index in [1.165, 1.54) is 22.2 Å². The van der Waals surface area contributed by atoms with E-state index in [0.29, 0.717) is 22.0 Å². The molecule has 3 heterocycles. The van der Waals surface area contributed by atoms with Gasteiger partial charge in [0, 0.05) is 16.9 Å². The number of hydrogen-bond acceptors (Lipinski definition) is 4. The van der Waals surface area contributed by atoms with Crippen molar-refractivity contribution >= 4 is 50.6 Å². The standard InChI is InChI=1S/C20H14BrClF3N5OS/c21-14-3-1-12(2-4-14)8-30-10-15(22)18(28-30)26-19(31)16-7-13(11-32-16)9-29-6-5-17(27-29)20(23,24)25/h1-7,10-11H,8-9H2,(H,26,28,31). The maximum atomic E-state index is 12.7. The van der Waals surface area contributed by atoms with E-state index in [-0.39, 0.29) is 12.4 Å². The molecule has 0 atom stereocenters. The fraction of sp³-hybridized carbons (Fsp3) is 0.150. The summed E-state index contributed by atoms with van der Waals surface area (Å²) in [5.41, 5.74) is 0.711. The molecule has 0 spiro atoms. The minimum absolute atomic E-state index is 0.114. The first-order valence-corrected chi connectivity index (χ1v) is 11.2. The second-order valence-electron chi connectivity index (χ2n) is 6.82. The lowest BCUT2D eigenvalue weighted by atomic mass is 10.2. The van der Waals surface area contributed by atoms with Crippen LogP contribution in [0.3, 0.4) is 0 Å². The van der Waals surface area contributed by atoms with Gasteiger partial charge in [0.1, 0.15) is 5.02 Å². The molecule has 1 amide bonds. The van der Waals surface area contributed by atoms with Crippen LogP contribution < -0.4 is 5.32 Å². The van der Waals surface area contributed by atoms with Crippen LogP contribution in [0.2, 0.25) is 5.02 Å². The number of carbonyl (C=O) groups is 1. The van der Waals surface area contributed by atoms with E-state index in [9.17, 15) is 18.0 Å². The van der Waals surface area contributed by atoms with E-state index in [4.69, 9.17) is 11.6 Å². The lowest BCUT2D eigenvalue weighted by molar-refractivity contribution is -0.141. The topological polar surface area (TPSA) is 64.7 Å². The van der Waals surface area contributed by atoms with Gasteiger partial charge in [0.15, 0.2) is 11.5 Å². The van der Waals surface area contributed by atoms with Gasteiger partial charge in [-0.3, -0.25) is 14.2 Å². The van der Waals surface area contributed by atoms with Crippen LogP contribution in [0.15, 0.2) is 58.6 Å². The molecule has 32 heavy (non-hydrogen) atoms. The second-order valence-corrected chi connectivity index (χ2v) is 9.05. The Hall–Kier alpha value is -2.63. The normalized spacial score (nSPS) is 11.7. The van der Waals surface area contributed by atoms with Crippen molar-refractivity contribution < 1.29 is 18.0 Å². The summed E-state index contributed by atoms with van der Waals surface area (Å²) in [4.78, 5) is 13.0. The molecule has 12 heteroatoms. The van der Waals surface area contributed by atoms with Crippen molar-refractivity contribution in [1.82, 2.24) is 19.6 Å². The van der Waals surface area contributed by atoms with E-state index >= 15 is 0 Å². The quantitative estimate of drug-likeness (QED) is 0.328. The number of halogens is 5. The molecule has 0 saturated carbocycles. The maximum absolute atomic E-state index is 12.7. The molecular weight excluding hydrogens is 531 g/mol. The van der Waals surface area contributed by atoms with Crippen molar-refractivity contribution in [3.05, 3.63) is 85.4 Å². The number of alkyl halides is 3. The van der Waals surface area contributed by atoms with Crippen molar-refractivity contribution in [2.24, 2.45) is 0 Å². The summed E-state index contributed by atoms with van der Waals surface area (Å²) in [6.07, 6.45) is -1.63. The van der Waals surface area contributed by atoms with E-state index in [2.05, 4.69) is 31.4 Å². The highest BCUT2D eigenvalue weighted by atomic mass is 79.9. The van der Waals surface area contributed by atoms with Crippen LogP contribution in [-0.4, -0.2) is 25.5 Å². The first-order chi connectivity index (χ1) is 15.2. The third-order valence-electron chi connectivity index (χ3n) is 4.36. The Morgan fingerprint density at radius 2 is 1.81 bits per heavy atom. The maximum Gasteiger partial charge on any atom is 0.435 e. The van der Waals surface area contributed by atoms with Gasteiger partial charge in [0.05, 0.1) is 18.0 Å². The molecule has 0 unspecified atom stereocenters. The van der Waals surface area contributed by atoms with Crippen LogP contribution in [0.1, 0.15) is 26.5 Å². The molecule has 0 fully saturated rings. The zero-order valence-electron chi connectivity index (χ0n) is 16.1. The molecule has 166 valence electrons. The van der Waals surface area contributed by atoms with E-state index < -0.39 is 17.8 Å². The van der Waals surface area contributed by atoms with Crippen molar-refractivity contribution in [2.75, 3.05) is 5.32 Å². The highest BCUT2D eigenvalue weighted by molar-refractivity contribution is 9.10. The van der Waals surface area contributed by atoms with Crippen LogP contribution in [0.5, 0.6) is 0 Å². The largest absolute Gasteiger partial charge is 0.435 e. The zero-order chi connectivity index (χ0) is 22.9. The monoisotopic (exact) mass is 543 g/mol. The number of benzene rings is 1. The molecule has 6 nitrogen and oxygen atoms in total. The number of aromatic nitrogens is 4. The van der Waals surface area contributed by atoms with Crippen molar-refractivity contribution in [3.8, 4) is 0 Å². The zero-order valence-corrected chi connectivity index (χ0v) is 19.3. The summed E-state index contributed by atoms with van der Waals surface area (Å²) in [5, 5.41) is 12.5. The van der Waals surface area contributed by atoms with Crippen molar-refractivity contribution in [2.45, 2.75) is 19.3 Å². The second kappa shape index (κ2) is 9.08. The first-order valence-electron chi connectivity index (χ1n) is 9.14. The molecule has 0 radical (unpaired) electrons. The number of anilines is 1. The van der Waals surface area contributed by atoms with Crippen LogP contribution in [0.25, 0.3) is 0 Å². The summed E-state index contributed by atoms with van der Waals surface area (Å²) in [5.74, 6) is -0.181. The predicted molar refractivity (Wildman–Crippen MR) is 119 cm³/mol. The minimum atomic E-state index is -4.50. The number of rotatable bonds is 6. The third kappa shape index (κ3) is 5.40. The van der Waals surface area contributed by atoms with Gasteiger partial charge in [-0.25, -0.2) is 0 Å². The number of thiophene rings is 1. The Morgan fingerprint density at radius 3 is 2.50 bits per heavy atom. The average Bonchev–Trinajstić information content (AvgIpc) is 3.45. The van der Waals surface area contributed by atoms with Gasteiger partial charge in [-0.05, 0) is 40.8 Å². The van der Waals surface area contributed by atoms with Gasteiger partial charge in [-0.2, -0.15) is 23.4 Å². The fourth-order valence-corrected chi connectivity index (χ4v) is 4.13. The molecule has 0 aliphatic carbocycles. The summed E-state index contributed by atoms with van der Waals surface area (Å²) < 4.78 is 41.8. The molecule has 4 aromatic rings. The van der Waals surface area contributed by atoms with E-state index in [0.717, 1.165) is 16.1 Å². The number of nitrogens with one attached hydrogen (secondary N) is 1. The van der Waals surface area contributed by atoms with E-state index in [1.54, 1.807) is 22.3 Å². The Labute approximate surface area is 197 Å². The highest BCUT2D eigenvalue weighted by Crippen LogP contribution is 2.28. The summed E-state index contributed by atoms with van der Waals surface area (Å²) in [6.45, 7) is 0.595. The summed E-state index contributed by atoms with van der Waals surface area (Å²) in [7, 11) is 0. The Balaban J connectivity index is 1.40. The Kier molecular flexibility index (Phi) is 6.40. The molecule has 0 saturated heterocycles. The molecule has 4 rings (SSSR count). The molecule has 0 aliphatic heterocycles.